The Morgan fingerprint density at radius 2 is 2.24 bits per heavy atom. The van der Waals surface area contributed by atoms with Gasteiger partial charge in [0.25, 0.3) is 5.91 Å². The van der Waals surface area contributed by atoms with E-state index in [4.69, 9.17) is 4.74 Å². The van der Waals surface area contributed by atoms with Gasteiger partial charge in [0, 0.05) is 11.9 Å². The Hall–Kier alpha value is -0.940. The molecule has 0 radical (unpaired) electrons. The molecule has 5 heteroatoms. The molecule has 1 rings (SSSR count). The molecule has 1 aromatic rings. The predicted molar refractivity (Wildman–Crippen MR) is 68.1 cm³/mol. The number of aryl methyl sites for hydroxylation is 1. The minimum absolute atomic E-state index is 0.0745. The van der Waals surface area contributed by atoms with Crippen molar-refractivity contribution in [3.8, 4) is 0 Å². The van der Waals surface area contributed by atoms with Crippen molar-refractivity contribution in [3.63, 3.8) is 0 Å². The van der Waals surface area contributed by atoms with E-state index >= 15 is 0 Å². The Morgan fingerprint density at radius 1 is 1.47 bits per heavy atom. The van der Waals surface area contributed by atoms with Crippen LogP contribution in [-0.2, 0) is 4.74 Å². The fraction of sp³-hybridized carbons (Fsp3) is 0.417. The van der Waals surface area contributed by atoms with E-state index in [1.54, 1.807) is 6.07 Å². The zero-order valence-electron chi connectivity index (χ0n) is 9.63. The number of alkyl halides is 1. The second-order valence-electron chi connectivity index (χ2n) is 3.54. The van der Waals surface area contributed by atoms with E-state index in [0.29, 0.717) is 19.8 Å². The van der Waals surface area contributed by atoms with Gasteiger partial charge in [-0.15, -0.1) is 0 Å². The molecule has 0 atom stereocenters. The summed E-state index contributed by atoms with van der Waals surface area (Å²) >= 11 is 3.22. The number of halogens is 2. The molecule has 0 fully saturated rings. The summed E-state index contributed by atoms with van der Waals surface area (Å²) in [5, 5.41) is 3.36. The van der Waals surface area contributed by atoms with E-state index in [1.807, 2.05) is 6.92 Å². The number of rotatable bonds is 6. The summed E-state index contributed by atoms with van der Waals surface area (Å²) in [4.78, 5) is 11.6. The van der Waals surface area contributed by atoms with Gasteiger partial charge in [0.2, 0.25) is 0 Å². The van der Waals surface area contributed by atoms with Crippen molar-refractivity contribution < 1.29 is 13.9 Å². The van der Waals surface area contributed by atoms with Crippen LogP contribution in [0, 0.1) is 12.7 Å². The molecular formula is C12H15BrFNO2. The molecule has 1 amide bonds. The SMILES string of the molecule is Cc1ccc(F)c(C(=O)NCCOCCBr)c1. The van der Waals surface area contributed by atoms with E-state index in [2.05, 4.69) is 21.2 Å². The van der Waals surface area contributed by atoms with Gasteiger partial charge < -0.3 is 10.1 Å². The average molecular weight is 304 g/mol. The molecule has 0 aliphatic carbocycles. The standard InChI is InChI=1S/C12H15BrFNO2/c1-9-2-3-11(14)10(8-9)12(16)15-5-7-17-6-4-13/h2-3,8H,4-7H2,1H3,(H,15,16). The Kier molecular flexibility index (Phi) is 6.15. The minimum atomic E-state index is -0.505. The number of hydrogen-bond acceptors (Lipinski definition) is 2. The Balaban J connectivity index is 2.44. The Labute approximate surface area is 108 Å². The van der Waals surface area contributed by atoms with Gasteiger partial charge in [-0.2, -0.15) is 0 Å². The molecule has 0 aliphatic rings. The molecule has 0 saturated heterocycles. The highest BCUT2D eigenvalue weighted by Gasteiger charge is 2.10. The van der Waals surface area contributed by atoms with Crippen LogP contribution in [0.2, 0.25) is 0 Å². The summed E-state index contributed by atoms with van der Waals surface area (Å²) in [5.74, 6) is -0.914. The normalized spacial score (nSPS) is 10.3. The number of benzene rings is 1. The third kappa shape index (κ3) is 4.83. The maximum absolute atomic E-state index is 13.4. The lowest BCUT2D eigenvalue weighted by Gasteiger charge is -2.07. The Morgan fingerprint density at radius 3 is 2.94 bits per heavy atom. The number of hydrogen-bond donors (Lipinski definition) is 1. The van der Waals surface area contributed by atoms with Gasteiger partial charge in [-0.25, -0.2) is 4.39 Å². The topological polar surface area (TPSA) is 38.3 Å². The van der Waals surface area contributed by atoms with Gasteiger partial charge in [-0.1, -0.05) is 27.6 Å². The highest BCUT2D eigenvalue weighted by molar-refractivity contribution is 9.09. The summed E-state index contributed by atoms with van der Waals surface area (Å²) in [6, 6.07) is 4.46. The molecule has 0 unspecified atom stereocenters. The van der Waals surface area contributed by atoms with Crippen molar-refractivity contribution in [2.45, 2.75) is 6.92 Å². The average Bonchev–Trinajstić information content (AvgIpc) is 2.32. The van der Waals surface area contributed by atoms with Gasteiger partial charge >= 0.3 is 0 Å². The fourth-order valence-corrected chi connectivity index (χ4v) is 1.53. The van der Waals surface area contributed by atoms with Crippen LogP contribution in [0.25, 0.3) is 0 Å². The second-order valence-corrected chi connectivity index (χ2v) is 4.33. The summed E-state index contributed by atoms with van der Waals surface area (Å²) < 4.78 is 18.5. The van der Waals surface area contributed by atoms with Crippen molar-refractivity contribution >= 4 is 21.8 Å². The van der Waals surface area contributed by atoms with Gasteiger partial charge in [0.05, 0.1) is 18.8 Å². The molecule has 0 heterocycles. The highest BCUT2D eigenvalue weighted by atomic mass is 79.9. The molecule has 0 bridgehead atoms. The maximum atomic E-state index is 13.4. The van der Waals surface area contributed by atoms with Crippen LogP contribution in [0.1, 0.15) is 15.9 Å². The highest BCUT2D eigenvalue weighted by Crippen LogP contribution is 2.09. The van der Waals surface area contributed by atoms with Crippen LogP contribution in [0.3, 0.4) is 0 Å². The molecule has 3 nitrogen and oxygen atoms in total. The zero-order chi connectivity index (χ0) is 12.7. The smallest absolute Gasteiger partial charge is 0.254 e. The lowest BCUT2D eigenvalue weighted by molar-refractivity contribution is 0.0920. The molecule has 17 heavy (non-hydrogen) atoms. The molecule has 0 spiro atoms. The first-order chi connectivity index (χ1) is 8.15. The maximum Gasteiger partial charge on any atom is 0.254 e. The first kappa shape index (κ1) is 14.1. The van der Waals surface area contributed by atoms with E-state index in [9.17, 15) is 9.18 Å². The van der Waals surface area contributed by atoms with Crippen molar-refractivity contribution in [1.29, 1.82) is 0 Å². The predicted octanol–water partition coefficient (Wildman–Crippen LogP) is 2.28. The van der Waals surface area contributed by atoms with Gasteiger partial charge in [0.15, 0.2) is 0 Å². The molecule has 1 aromatic carbocycles. The van der Waals surface area contributed by atoms with Crippen LogP contribution >= 0.6 is 15.9 Å². The summed E-state index contributed by atoms with van der Waals surface area (Å²) in [6.45, 7) is 3.20. The number of ether oxygens (including phenoxy) is 1. The van der Waals surface area contributed by atoms with Crippen LogP contribution < -0.4 is 5.32 Å². The van der Waals surface area contributed by atoms with Gasteiger partial charge in [-0.3, -0.25) is 4.79 Å². The van der Waals surface area contributed by atoms with E-state index in [1.165, 1.54) is 12.1 Å². The number of amides is 1. The number of nitrogens with one attached hydrogen (secondary N) is 1. The quantitative estimate of drug-likeness (QED) is 0.647. The zero-order valence-corrected chi connectivity index (χ0v) is 11.2. The summed E-state index contributed by atoms with van der Waals surface area (Å²) in [7, 11) is 0. The number of carbonyl (C=O) groups is 1. The second kappa shape index (κ2) is 7.40. The van der Waals surface area contributed by atoms with Gasteiger partial charge in [-0.05, 0) is 19.1 Å². The monoisotopic (exact) mass is 303 g/mol. The first-order valence-corrected chi connectivity index (χ1v) is 6.45. The van der Waals surface area contributed by atoms with Crippen molar-refractivity contribution in [2.24, 2.45) is 0 Å². The fourth-order valence-electron chi connectivity index (χ4n) is 1.30. The molecule has 0 saturated carbocycles. The molecule has 0 aromatic heterocycles. The van der Waals surface area contributed by atoms with Crippen molar-refractivity contribution in [2.75, 3.05) is 25.1 Å². The van der Waals surface area contributed by atoms with E-state index in [-0.39, 0.29) is 5.56 Å². The third-order valence-corrected chi connectivity index (χ3v) is 2.44. The van der Waals surface area contributed by atoms with Crippen LogP contribution in [-0.4, -0.2) is 31.0 Å². The van der Waals surface area contributed by atoms with E-state index in [0.717, 1.165) is 10.9 Å². The molecule has 1 N–H and O–H groups in total. The van der Waals surface area contributed by atoms with Gasteiger partial charge in [0.1, 0.15) is 5.82 Å². The minimum Gasteiger partial charge on any atom is -0.379 e. The first-order valence-electron chi connectivity index (χ1n) is 5.33. The lowest BCUT2D eigenvalue weighted by Crippen LogP contribution is -2.28. The van der Waals surface area contributed by atoms with Crippen LogP contribution in [0.4, 0.5) is 4.39 Å². The molecular weight excluding hydrogens is 289 g/mol. The molecule has 94 valence electrons. The van der Waals surface area contributed by atoms with Crippen LogP contribution in [0.15, 0.2) is 18.2 Å². The van der Waals surface area contributed by atoms with Crippen molar-refractivity contribution in [1.82, 2.24) is 5.32 Å². The lowest BCUT2D eigenvalue weighted by atomic mass is 10.1. The third-order valence-electron chi connectivity index (χ3n) is 2.12. The largest absolute Gasteiger partial charge is 0.379 e. The summed E-state index contributed by atoms with van der Waals surface area (Å²) in [6.07, 6.45) is 0. The van der Waals surface area contributed by atoms with Crippen LogP contribution in [0.5, 0.6) is 0 Å². The number of carbonyl (C=O) groups excluding carboxylic acids is 1. The van der Waals surface area contributed by atoms with E-state index < -0.39 is 11.7 Å². The summed E-state index contributed by atoms with van der Waals surface area (Å²) in [5.41, 5.74) is 0.928. The molecule has 0 aliphatic heterocycles. The van der Waals surface area contributed by atoms with Crippen molar-refractivity contribution in [3.05, 3.63) is 35.1 Å². The Bertz CT molecular complexity index is 385.